The fraction of sp³-hybridized carbons (Fsp3) is 0.429. The smallest absolute Gasteiger partial charge is 0.113 e. The van der Waals surface area contributed by atoms with E-state index in [1.54, 1.807) is 6.08 Å². The molecule has 0 saturated carbocycles. The minimum Gasteiger partial charge on any atom is -0.510 e. The molecule has 1 aliphatic rings. The molecule has 0 amide bonds. The van der Waals surface area contributed by atoms with Crippen molar-refractivity contribution >= 4 is 0 Å². The van der Waals surface area contributed by atoms with E-state index in [4.69, 9.17) is 5.11 Å². The highest BCUT2D eigenvalue weighted by molar-refractivity contribution is 5.12. The zero-order chi connectivity index (χ0) is 7.56. The number of allylic oxidation sites excluding steroid dienone is 2. The number of aliphatic hydroxyl groups is 1. The van der Waals surface area contributed by atoms with Gasteiger partial charge in [-0.15, -0.1) is 0 Å². The number of hydrazine groups is 1. The molecule has 3 nitrogen and oxygen atoms in total. The summed E-state index contributed by atoms with van der Waals surface area (Å²) in [6.45, 7) is 0.573. The Balaban J connectivity index is 2.55. The van der Waals surface area contributed by atoms with Gasteiger partial charge in [-0.1, -0.05) is 0 Å². The zero-order valence-corrected chi connectivity index (χ0v) is 6.28. The van der Waals surface area contributed by atoms with E-state index in [0.717, 1.165) is 0 Å². The van der Waals surface area contributed by atoms with Gasteiger partial charge in [-0.2, -0.15) is 0 Å². The molecule has 0 aromatic rings. The molecule has 0 aliphatic carbocycles. The lowest BCUT2D eigenvalue weighted by atomic mass is 10.3. The average Bonchev–Trinajstić information content (AvgIpc) is 1.88. The zero-order valence-electron chi connectivity index (χ0n) is 6.28. The topological polar surface area (TPSA) is 26.7 Å². The molecular weight excluding hydrogens is 128 g/mol. The van der Waals surface area contributed by atoms with Crippen LogP contribution in [0.2, 0.25) is 0 Å². The standard InChI is InChI=1S/C7H12N2O/c1-8(2)9-5-3-4-7(10)6-9/h3-5,10H,6H2,1-2H3. The fourth-order valence-electron chi connectivity index (χ4n) is 0.800. The fourth-order valence-corrected chi connectivity index (χ4v) is 0.800. The third-order valence-electron chi connectivity index (χ3n) is 1.38. The van der Waals surface area contributed by atoms with Crippen molar-refractivity contribution in [3.63, 3.8) is 0 Å². The number of hydrogen-bond donors (Lipinski definition) is 1. The minimum absolute atomic E-state index is 0.399. The maximum atomic E-state index is 9.07. The molecule has 0 saturated heterocycles. The molecule has 0 bridgehead atoms. The second kappa shape index (κ2) is 2.75. The molecule has 0 fully saturated rings. The first-order chi connectivity index (χ1) is 4.70. The Kier molecular flexibility index (Phi) is 1.97. The van der Waals surface area contributed by atoms with Gasteiger partial charge in [0.1, 0.15) is 5.76 Å². The summed E-state index contributed by atoms with van der Waals surface area (Å²) in [6, 6.07) is 0. The van der Waals surface area contributed by atoms with Crippen molar-refractivity contribution in [1.82, 2.24) is 10.0 Å². The average molecular weight is 140 g/mol. The molecule has 1 rings (SSSR count). The predicted molar refractivity (Wildman–Crippen MR) is 40.2 cm³/mol. The first-order valence-corrected chi connectivity index (χ1v) is 3.20. The van der Waals surface area contributed by atoms with Gasteiger partial charge < -0.3 is 10.1 Å². The van der Waals surface area contributed by atoms with Crippen LogP contribution in [0.25, 0.3) is 0 Å². The van der Waals surface area contributed by atoms with E-state index in [2.05, 4.69) is 0 Å². The van der Waals surface area contributed by atoms with Crippen LogP contribution >= 0.6 is 0 Å². The molecule has 0 atom stereocenters. The third-order valence-corrected chi connectivity index (χ3v) is 1.38. The van der Waals surface area contributed by atoms with Crippen LogP contribution in [0.4, 0.5) is 0 Å². The quantitative estimate of drug-likeness (QED) is 0.581. The lowest BCUT2D eigenvalue weighted by molar-refractivity contribution is 0.0785. The van der Waals surface area contributed by atoms with E-state index >= 15 is 0 Å². The predicted octanol–water partition coefficient (Wildman–Crippen LogP) is 0.734. The van der Waals surface area contributed by atoms with Gasteiger partial charge in [0.2, 0.25) is 0 Å². The summed E-state index contributed by atoms with van der Waals surface area (Å²) in [4.78, 5) is 0. The summed E-state index contributed by atoms with van der Waals surface area (Å²) in [5.74, 6) is 0.399. The van der Waals surface area contributed by atoms with Gasteiger partial charge in [0.25, 0.3) is 0 Å². The first kappa shape index (κ1) is 7.15. The second-order valence-electron chi connectivity index (χ2n) is 2.44. The molecule has 0 spiro atoms. The highest BCUT2D eigenvalue weighted by atomic mass is 16.3. The van der Waals surface area contributed by atoms with Gasteiger partial charge in [0.15, 0.2) is 0 Å². The lowest BCUT2D eigenvalue weighted by Gasteiger charge is -2.28. The lowest BCUT2D eigenvalue weighted by Crippen LogP contribution is -2.34. The van der Waals surface area contributed by atoms with E-state index < -0.39 is 0 Å². The van der Waals surface area contributed by atoms with Crippen molar-refractivity contribution in [2.75, 3.05) is 20.6 Å². The highest BCUT2D eigenvalue weighted by Crippen LogP contribution is 2.04. The summed E-state index contributed by atoms with van der Waals surface area (Å²) in [6.07, 6.45) is 5.43. The van der Waals surface area contributed by atoms with Crippen molar-refractivity contribution in [2.24, 2.45) is 0 Å². The Hall–Kier alpha value is -0.960. The van der Waals surface area contributed by atoms with Crippen LogP contribution in [0.3, 0.4) is 0 Å². The van der Waals surface area contributed by atoms with Crippen molar-refractivity contribution in [3.05, 3.63) is 24.1 Å². The molecule has 10 heavy (non-hydrogen) atoms. The maximum absolute atomic E-state index is 9.07. The maximum Gasteiger partial charge on any atom is 0.113 e. The molecule has 3 heteroatoms. The van der Waals surface area contributed by atoms with E-state index in [0.29, 0.717) is 12.3 Å². The summed E-state index contributed by atoms with van der Waals surface area (Å²) < 4.78 is 0. The van der Waals surface area contributed by atoms with Crippen LogP contribution in [0.15, 0.2) is 24.1 Å². The summed E-state index contributed by atoms with van der Waals surface area (Å²) in [5, 5.41) is 12.9. The van der Waals surface area contributed by atoms with Crippen LogP contribution in [0.5, 0.6) is 0 Å². The van der Waals surface area contributed by atoms with Gasteiger partial charge in [-0.3, -0.25) is 0 Å². The normalized spacial score (nSPS) is 17.9. The Bertz CT molecular complexity index is 172. The van der Waals surface area contributed by atoms with Gasteiger partial charge in [0.05, 0.1) is 6.54 Å². The molecule has 1 heterocycles. The largest absolute Gasteiger partial charge is 0.510 e. The van der Waals surface area contributed by atoms with Gasteiger partial charge in [0, 0.05) is 20.3 Å². The molecule has 0 radical (unpaired) electrons. The van der Waals surface area contributed by atoms with Gasteiger partial charge in [-0.05, 0) is 12.2 Å². The summed E-state index contributed by atoms with van der Waals surface area (Å²) in [5.41, 5.74) is 0. The van der Waals surface area contributed by atoms with E-state index in [1.165, 1.54) is 0 Å². The van der Waals surface area contributed by atoms with E-state index in [-0.39, 0.29) is 0 Å². The van der Waals surface area contributed by atoms with E-state index in [1.807, 2.05) is 36.4 Å². The van der Waals surface area contributed by atoms with Crippen LogP contribution < -0.4 is 0 Å². The second-order valence-corrected chi connectivity index (χ2v) is 2.44. The van der Waals surface area contributed by atoms with Crippen LogP contribution in [-0.4, -0.2) is 35.8 Å². The van der Waals surface area contributed by atoms with Crippen molar-refractivity contribution in [3.8, 4) is 0 Å². The third kappa shape index (κ3) is 1.51. The van der Waals surface area contributed by atoms with Crippen molar-refractivity contribution in [2.45, 2.75) is 0 Å². The van der Waals surface area contributed by atoms with Crippen LogP contribution in [0.1, 0.15) is 0 Å². The van der Waals surface area contributed by atoms with Gasteiger partial charge >= 0.3 is 0 Å². The molecule has 0 aromatic heterocycles. The highest BCUT2D eigenvalue weighted by Gasteiger charge is 2.06. The number of rotatable bonds is 1. The molecular formula is C7H12N2O. The van der Waals surface area contributed by atoms with Crippen molar-refractivity contribution in [1.29, 1.82) is 0 Å². The minimum atomic E-state index is 0.399. The van der Waals surface area contributed by atoms with Gasteiger partial charge in [-0.25, -0.2) is 5.01 Å². The van der Waals surface area contributed by atoms with E-state index in [9.17, 15) is 0 Å². The molecule has 1 N–H and O–H groups in total. The summed E-state index contributed by atoms with van der Waals surface area (Å²) in [7, 11) is 3.87. The van der Waals surface area contributed by atoms with Crippen LogP contribution in [0, 0.1) is 0 Å². The number of nitrogens with zero attached hydrogens (tertiary/aromatic N) is 2. The number of hydrogen-bond acceptors (Lipinski definition) is 3. The molecule has 56 valence electrons. The molecule has 0 unspecified atom stereocenters. The monoisotopic (exact) mass is 140 g/mol. The Labute approximate surface area is 60.8 Å². The Morgan fingerprint density at radius 2 is 2.30 bits per heavy atom. The van der Waals surface area contributed by atoms with Crippen LogP contribution in [-0.2, 0) is 0 Å². The first-order valence-electron chi connectivity index (χ1n) is 3.20. The molecule has 0 aromatic carbocycles. The number of aliphatic hydroxyl groups excluding tert-OH is 1. The SMILES string of the molecule is CN(C)N1C=CC=C(O)C1. The Morgan fingerprint density at radius 3 is 2.70 bits per heavy atom. The molecule has 1 aliphatic heterocycles. The van der Waals surface area contributed by atoms with Crippen molar-refractivity contribution < 1.29 is 5.11 Å². The summed E-state index contributed by atoms with van der Waals surface area (Å²) >= 11 is 0. The Morgan fingerprint density at radius 1 is 1.60 bits per heavy atom.